The highest BCUT2D eigenvalue weighted by Gasteiger charge is 2.32. The summed E-state index contributed by atoms with van der Waals surface area (Å²) in [5.41, 5.74) is 0.552. The molecular formula is C19H15F3N2O3. The number of aryl methyl sites for hydroxylation is 1. The second-order valence-corrected chi connectivity index (χ2v) is 6.01. The fraction of sp³-hybridized carbons (Fsp3) is 0.211. The molecule has 3 rings (SSSR count). The smallest absolute Gasteiger partial charge is 0.433 e. The summed E-state index contributed by atoms with van der Waals surface area (Å²) in [6.07, 6.45) is -4.93. The van der Waals surface area contributed by atoms with Crippen molar-refractivity contribution in [3.8, 4) is 0 Å². The number of Topliss-reactive ketones (excluding diaryl/α,β-unsaturated/α-hetero) is 1. The second-order valence-electron chi connectivity index (χ2n) is 6.01. The van der Waals surface area contributed by atoms with Crippen LogP contribution < -0.4 is 0 Å². The molecule has 8 heteroatoms. The molecule has 5 nitrogen and oxygen atoms in total. The number of ketones is 1. The van der Waals surface area contributed by atoms with E-state index >= 15 is 0 Å². The summed E-state index contributed by atoms with van der Waals surface area (Å²) in [5, 5.41) is 0.707. The van der Waals surface area contributed by atoms with Gasteiger partial charge in [0.25, 0.3) is 0 Å². The molecule has 0 saturated heterocycles. The van der Waals surface area contributed by atoms with Crippen molar-refractivity contribution in [2.75, 3.05) is 0 Å². The van der Waals surface area contributed by atoms with Gasteiger partial charge in [-0.3, -0.25) is 9.78 Å². The summed E-state index contributed by atoms with van der Waals surface area (Å²) in [7, 11) is 0. The van der Waals surface area contributed by atoms with Gasteiger partial charge in [-0.25, -0.2) is 4.79 Å². The van der Waals surface area contributed by atoms with Gasteiger partial charge in [-0.15, -0.1) is 0 Å². The van der Waals surface area contributed by atoms with Gasteiger partial charge in [0, 0.05) is 28.4 Å². The lowest BCUT2D eigenvalue weighted by Crippen LogP contribution is -2.25. The molecule has 0 radical (unpaired) electrons. The minimum Gasteiger partial charge on any atom is -0.451 e. The Balaban J connectivity index is 1.78. The number of carbonyl (C=O) groups is 2. The number of H-pyrrole nitrogens is 1. The van der Waals surface area contributed by atoms with Gasteiger partial charge < -0.3 is 9.72 Å². The predicted octanol–water partition coefficient (Wildman–Crippen LogP) is 4.32. The van der Waals surface area contributed by atoms with Crippen LogP contribution in [-0.2, 0) is 10.9 Å². The lowest BCUT2D eigenvalue weighted by Gasteiger charge is -2.13. The highest BCUT2D eigenvalue weighted by atomic mass is 19.4. The largest absolute Gasteiger partial charge is 0.451 e. The normalized spacial score (nSPS) is 12.8. The molecule has 0 aliphatic carbocycles. The number of aromatic amines is 1. The molecule has 2 heterocycles. The Bertz CT molecular complexity index is 1010. The predicted molar refractivity (Wildman–Crippen MR) is 91.5 cm³/mol. The Hall–Kier alpha value is -3.16. The monoisotopic (exact) mass is 376 g/mol. The van der Waals surface area contributed by atoms with Gasteiger partial charge in [0.2, 0.25) is 5.78 Å². The van der Waals surface area contributed by atoms with Crippen molar-refractivity contribution in [3.05, 3.63) is 65.1 Å². The van der Waals surface area contributed by atoms with Crippen LogP contribution in [0.3, 0.4) is 0 Å². The molecule has 0 spiro atoms. The van der Waals surface area contributed by atoms with E-state index < -0.39 is 29.7 Å². The number of halogens is 3. The van der Waals surface area contributed by atoms with Gasteiger partial charge in [0.1, 0.15) is 5.69 Å². The molecule has 1 atom stereocenters. The number of fused-ring (bicyclic) bond motifs is 1. The van der Waals surface area contributed by atoms with Gasteiger partial charge in [-0.05, 0) is 32.0 Å². The van der Waals surface area contributed by atoms with Gasteiger partial charge in [0.05, 0.1) is 5.56 Å². The SMILES string of the molecule is Cc1[nH]c2ccccc2c1C(=O)[C@@H](C)OC(=O)c1ccc(C(F)(F)F)nc1. The van der Waals surface area contributed by atoms with Crippen LogP contribution in [0.4, 0.5) is 13.2 Å². The Morgan fingerprint density at radius 3 is 2.48 bits per heavy atom. The maximum Gasteiger partial charge on any atom is 0.433 e. The van der Waals surface area contributed by atoms with Gasteiger partial charge >= 0.3 is 12.1 Å². The quantitative estimate of drug-likeness (QED) is 0.544. The van der Waals surface area contributed by atoms with Crippen LogP contribution >= 0.6 is 0 Å². The third-order valence-corrected chi connectivity index (χ3v) is 4.08. The number of nitrogens with zero attached hydrogens (tertiary/aromatic N) is 1. The minimum absolute atomic E-state index is 0.168. The van der Waals surface area contributed by atoms with Crippen molar-refractivity contribution in [1.29, 1.82) is 0 Å². The van der Waals surface area contributed by atoms with E-state index in [1.54, 1.807) is 19.1 Å². The van der Waals surface area contributed by atoms with Crippen LogP contribution in [0.2, 0.25) is 0 Å². The highest BCUT2D eigenvalue weighted by molar-refractivity contribution is 6.11. The molecule has 0 fully saturated rings. The zero-order chi connectivity index (χ0) is 19.8. The van der Waals surface area contributed by atoms with E-state index in [1.807, 2.05) is 12.1 Å². The minimum atomic E-state index is -4.60. The number of rotatable bonds is 4. The number of pyridine rings is 1. The van der Waals surface area contributed by atoms with Crippen LogP contribution in [0.5, 0.6) is 0 Å². The van der Waals surface area contributed by atoms with E-state index in [0.717, 1.165) is 17.8 Å². The van der Waals surface area contributed by atoms with E-state index in [2.05, 4.69) is 9.97 Å². The number of benzene rings is 1. The van der Waals surface area contributed by atoms with Crippen molar-refractivity contribution in [2.45, 2.75) is 26.1 Å². The Morgan fingerprint density at radius 1 is 1.15 bits per heavy atom. The van der Waals surface area contributed by atoms with Crippen LogP contribution in [0.1, 0.15) is 39.0 Å². The number of esters is 1. The fourth-order valence-electron chi connectivity index (χ4n) is 2.76. The van der Waals surface area contributed by atoms with Gasteiger partial charge in [-0.1, -0.05) is 18.2 Å². The maximum absolute atomic E-state index is 12.7. The van der Waals surface area contributed by atoms with Crippen LogP contribution in [0.15, 0.2) is 42.6 Å². The van der Waals surface area contributed by atoms with Crippen molar-refractivity contribution in [3.63, 3.8) is 0 Å². The molecule has 0 aliphatic heterocycles. The molecule has 3 aromatic rings. The molecule has 27 heavy (non-hydrogen) atoms. The van der Waals surface area contributed by atoms with E-state index in [9.17, 15) is 22.8 Å². The molecule has 0 saturated carbocycles. The second kappa shape index (κ2) is 6.86. The summed E-state index contributed by atoms with van der Waals surface area (Å²) in [4.78, 5) is 31.2. The van der Waals surface area contributed by atoms with E-state index in [0.29, 0.717) is 22.7 Å². The molecule has 1 aromatic carbocycles. The van der Waals surface area contributed by atoms with Gasteiger partial charge in [0.15, 0.2) is 6.10 Å². The summed E-state index contributed by atoms with van der Waals surface area (Å²) >= 11 is 0. The maximum atomic E-state index is 12.7. The summed E-state index contributed by atoms with van der Waals surface area (Å²) < 4.78 is 42.7. The number of alkyl halides is 3. The fourth-order valence-corrected chi connectivity index (χ4v) is 2.76. The number of para-hydroxylation sites is 1. The third kappa shape index (κ3) is 3.69. The third-order valence-electron chi connectivity index (χ3n) is 4.08. The first kappa shape index (κ1) is 18.6. The number of hydrogen-bond acceptors (Lipinski definition) is 4. The van der Waals surface area contributed by atoms with Crippen molar-refractivity contribution >= 4 is 22.7 Å². The van der Waals surface area contributed by atoms with E-state index in [4.69, 9.17) is 4.74 Å². The summed E-state index contributed by atoms with van der Waals surface area (Å²) in [6, 6.07) is 8.87. The number of hydrogen-bond donors (Lipinski definition) is 1. The van der Waals surface area contributed by atoms with Crippen LogP contribution in [0, 0.1) is 6.92 Å². The summed E-state index contributed by atoms with van der Waals surface area (Å²) in [6.45, 7) is 3.15. The first-order valence-corrected chi connectivity index (χ1v) is 8.04. The van der Waals surface area contributed by atoms with Crippen LogP contribution in [0.25, 0.3) is 10.9 Å². The number of carbonyl (C=O) groups excluding carboxylic acids is 2. The number of nitrogens with one attached hydrogen (secondary N) is 1. The molecule has 0 unspecified atom stereocenters. The zero-order valence-electron chi connectivity index (χ0n) is 14.4. The van der Waals surface area contributed by atoms with Crippen molar-refractivity contribution < 1.29 is 27.5 Å². The molecule has 0 aliphatic rings. The van der Waals surface area contributed by atoms with E-state index in [1.165, 1.54) is 6.92 Å². The molecule has 140 valence electrons. The molecular weight excluding hydrogens is 361 g/mol. The standard InChI is InChI=1S/C19H15F3N2O3/c1-10-16(13-5-3-4-6-14(13)24-10)17(25)11(2)27-18(26)12-7-8-15(23-9-12)19(20,21)22/h3-9,11,24H,1-2H3/t11-/m1/s1. The topological polar surface area (TPSA) is 72.1 Å². The molecule has 0 bridgehead atoms. The van der Waals surface area contributed by atoms with Crippen molar-refractivity contribution in [1.82, 2.24) is 9.97 Å². The molecule has 1 N–H and O–H groups in total. The first-order valence-electron chi connectivity index (χ1n) is 8.04. The van der Waals surface area contributed by atoms with Crippen molar-refractivity contribution in [2.24, 2.45) is 0 Å². The van der Waals surface area contributed by atoms with Gasteiger partial charge in [-0.2, -0.15) is 13.2 Å². The average molecular weight is 376 g/mol. The Morgan fingerprint density at radius 2 is 1.85 bits per heavy atom. The first-order chi connectivity index (χ1) is 12.7. The lowest BCUT2D eigenvalue weighted by molar-refractivity contribution is -0.141. The number of aromatic nitrogens is 2. The Labute approximate surface area is 152 Å². The number of ether oxygens (including phenoxy) is 1. The van der Waals surface area contributed by atoms with E-state index in [-0.39, 0.29) is 5.56 Å². The Kier molecular flexibility index (Phi) is 4.73. The van der Waals surface area contributed by atoms with Crippen LogP contribution in [-0.4, -0.2) is 27.8 Å². The highest BCUT2D eigenvalue weighted by Crippen LogP contribution is 2.27. The molecule has 0 amide bonds. The summed E-state index contributed by atoms with van der Waals surface area (Å²) in [5.74, 6) is -1.33. The zero-order valence-corrected chi connectivity index (χ0v) is 14.4. The average Bonchev–Trinajstić information content (AvgIpc) is 2.96. The lowest BCUT2D eigenvalue weighted by atomic mass is 10.0. The molecule has 2 aromatic heterocycles.